The third-order valence-corrected chi connectivity index (χ3v) is 10.9. The highest BCUT2D eigenvalue weighted by Crippen LogP contribution is 2.41. The minimum Gasteiger partial charge on any atom is -0.543 e. The first-order chi connectivity index (χ1) is 22.5. The van der Waals surface area contributed by atoms with Crippen LogP contribution in [-0.2, 0) is 37.1 Å². The highest BCUT2D eigenvalue weighted by molar-refractivity contribution is 8.00. The van der Waals surface area contributed by atoms with Gasteiger partial charge in [-0.15, -0.1) is 11.8 Å². The number of rotatable bonds is 13. The Kier molecular flexibility index (Phi) is 9.15. The van der Waals surface area contributed by atoms with Crippen molar-refractivity contribution in [2.24, 2.45) is 5.16 Å². The normalized spacial score (nSPS) is 20.4. The van der Waals surface area contributed by atoms with E-state index in [1.54, 1.807) is 0 Å². The summed E-state index contributed by atoms with van der Waals surface area (Å²) in [6.45, 7) is 1.90. The molecule has 2 unspecified atom stereocenters. The number of halogens is 1. The molecule has 3 aromatic heterocycles. The quantitative estimate of drug-likeness (QED) is 0.0616. The molecule has 2 aliphatic heterocycles. The number of carbonyl (C=O) groups is 4. The summed E-state index contributed by atoms with van der Waals surface area (Å²) in [5.74, 6) is -4.04. The molecule has 0 bridgehead atoms. The number of amides is 2. The number of hydrogen-bond acceptors (Lipinski definition) is 12. The van der Waals surface area contributed by atoms with Gasteiger partial charge in [0.15, 0.2) is 23.6 Å². The van der Waals surface area contributed by atoms with Gasteiger partial charge in [-0.3, -0.25) is 14.5 Å². The van der Waals surface area contributed by atoms with Crippen molar-refractivity contribution in [2.75, 3.05) is 25.1 Å². The second kappa shape index (κ2) is 13.1. The average Bonchev–Trinajstić information content (AvgIpc) is 3.58. The lowest BCUT2D eigenvalue weighted by atomic mass is 9.80. The van der Waals surface area contributed by atoms with Gasteiger partial charge >= 0.3 is 5.97 Å². The van der Waals surface area contributed by atoms with Gasteiger partial charge in [-0.2, -0.15) is 4.57 Å². The molecule has 1 aliphatic carbocycles. The van der Waals surface area contributed by atoms with Crippen LogP contribution in [0.25, 0.3) is 11.0 Å². The number of pyridine rings is 1. The Bertz CT molecular complexity index is 1840. The fourth-order valence-electron chi connectivity index (χ4n) is 5.81. The number of nitrogen functional groups attached to an aromatic ring is 1. The lowest BCUT2D eigenvalue weighted by molar-refractivity contribution is -0.663. The van der Waals surface area contributed by atoms with Gasteiger partial charge in [-0.25, -0.2) is 9.78 Å². The summed E-state index contributed by atoms with van der Waals surface area (Å²) in [5.41, 5.74) is 5.75. The molecule has 3 aliphatic rings. The van der Waals surface area contributed by atoms with Gasteiger partial charge in [0.2, 0.25) is 11.1 Å². The number of nitrogens with one attached hydrogen (secondary N) is 2. The first-order valence-electron chi connectivity index (χ1n) is 14.8. The maximum atomic E-state index is 13.5. The number of thioether (sulfide) groups is 1. The number of carboxylic acid groups (broad SMARTS) is 2. The molecular weight excluding hydrogens is 672 g/mol. The number of hydrogen-bond donors (Lipinski definition) is 4. The second-order valence-electron chi connectivity index (χ2n) is 11.3. The Hall–Kier alpha value is -4.19. The number of aromatic nitrogens is 3. The van der Waals surface area contributed by atoms with Crippen LogP contribution in [0.4, 0.5) is 5.13 Å². The molecule has 248 valence electrons. The molecule has 2 amide bonds. The zero-order valence-electron chi connectivity index (χ0n) is 25.1. The van der Waals surface area contributed by atoms with Crippen LogP contribution >= 0.6 is 34.7 Å². The van der Waals surface area contributed by atoms with E-state index in [1.807, 2.05) is 42.2 Å². The van der Waals surface area contributed by atoms with Crippen LogP contribution in [0.3, 0.4) is 0 Å². The maximum absolute atomic E-state index is 13.5. The molecule has 1 saturated carbocycles. The predicted molar refractivity (Wildman–Crippen MR) is 171 cm³/mol. The van der Waals surface area contributed by atoms with Crippen molar-refractivity contribution in [2.45, 2.75) is 55.8 Å². The monoisotopic (exact) mass is 702 g/mol. The van der Waals surface area contributed by atoms with Crippen LogP contribution in [0.2, 0.25) is 4.34 Å². The molecule has 0 aromatic carbocycles. The van der Waals surface area contributed by atoms with Crippen LogP contribution in [0.5, 0.6) is 0 Å². The van der Waals surface area contributed by atoms with Crippen LogP contribution in [0.15, 0.2) is 47.0 Å². The molecule has 6 rings (SSSR count). The van der Waals surface area contributed by atoms with Gasteiger partial charge < -0.3 is 40.8 Å². The number of carboxylic acids is 2. The maximum Gasteiger partial charge on any atom is 0.350 e. The van der Waals surface area contributed by atoms with Crippen molar-refractivity contribution in [3.05, 3.63) is 51.9 Å². The van der Waals surface area contributed by atoms with E-state index in [9.17, 15) is 29.4 Å². The molecule has 2 fully saturated rings. The number of β-lactam (4-membered cyclic amide) rings is 1. The topological polar surface area (TPSA) is 208 Å². The molecule has 47 heavy (non-hydrogen) atoms. The van der Waals surface area contributed by atoms with Crippen LogP contribution in [0.1, 0.15) is 31.4 Å². The third kappa shape index (κ3) is 6.03. The number of aryl methyl sites for hydroxylation is 1. The van der Waals surface area contributed by atoms with Crippen molar-refractivity contribution in [1.29, 1.82) is 0 Å². The summed E-state index contributed by atoms with van der Waals surface area (Å²) in [5, 5.41) is 30.9. The van der Waals surface area contributed by atoms with Crippen molar-refractivity contribution in [1.82, 2.24) is 25.1 Å². The van der Waals surface area contributed by atoms with E-state index in [0.717, 1.165) is 46.8 Å². The Balaban J connectivity index is 1.22. The van der Waals surface area contributed by atoms with Gasteiger partial charge in [0.05, 0.1) is 11.7 Å². The fourth-order valence-corrected chi connectivity index (χ4v) is 8.08. The fraction of sp³-hybridized carbons (Fsp3) is 0.414. The Morgan fingerprint density at radius 1 is 1.34 bits per heavy atom. The second-order valence-corrected chi connectivity index (χ2v) is 14.1. The number of aliphatic carboxylic acids is 2. The van der Waals surface area contributed by atoms with Crippen molar-refractivity contribution in [3.8, 4) is 0 Å². The minimum atomic E-state index is -1.59. The van der Waals surface area contributed by atoms with Crippen molar-refractivity contribution < 1.29 is 38.8 Å². The Labute approximate surface area is 281 Å². The van der Waals surface area contributed by atoms with Gasteiger partial charge in [-0.05, 0) is 32.5 Å². The summed E-state index contributed by atoms with van der Waals surface area (Å²) in [4.78, 5) is 61.7. The van der Waals surface area contributed by atoms with Gasteiger partial charge in [0.1, 0.15) is 27.0 Å². The van der Waals surface area contributed by atoms with Crippen molar-refractivity contribution in [3.63, 3.8) is 0 Å². The number of nitrogens with zero attached hydrogens (tertiary/aromatic N) is 5. The number of anilines is 1. The lowest BCUT2D eigenvalue weighted by Gasteiger charge is -2.50. The summed E-state index contributed by atoms with van der Waals surface area (Å²) in [6.07, 6.45) is 5.78. The van der Waals surface area contributed by atoms with E-state index in [1.165, 1.54) is 11.8 Å². The van der Waals surface area contributed by atoms with E-state index in [0.29, 0.717) is 12.0 Å². The van der Waals surface area contributed by atoms with Crippen LogP contribution in [0, 0.1) is 0 Å². The van der Waals surface area contributed by atoms with Crippen molar-refractivity contribution >= 4 is 80.3 Å². The van der Waals surface area contributed by atoms with E-state index in [4.69, 9.17) is 22.2 Å². The Morgan fingerprint density at radius 3 is 2.77 bits per heavy atom. The molecule has 18 heteroatoms. The molecule has 5 heterocycles. The smallest absolute Gasteiger partial charge is 0.350 e. The van der Waals surface area contributed by atoms with Gasteiger partial charge in [0.25, 0.3) is 11.8 Å². The first kappa shape index (κ1) is 32.7. The average molecular weight is 703 g/mol. The molecule has 0 spiro atoms. The molecule has 2 atom stereocenters. The zero-order valence-corrected chi connectivity index (χ0v) is 27.5. The van der Waals surface area contributed by atoms with E-state index < -0.39 is 46.5 Å². The first-order valence-corrected chi connectivity index (χ1v) is 17.0. The lowest BCUT2D eigenvalue weighted by Crippen LogP contribution is -2.71. The summed E-state index contributed by atoms with van der Waals surface area (Å²) in [7, 11) is 1.90. The molecule has 5 N–H and O–H groups in total. The van der Waals surface area contributed by atoms with Crippen LogP contribution in [-0.4, -0.2) is 85.4 Å². The van der Waals surface area contributed by atoms with E-state index in [2.05, 4.69) is 25.3 Å². The summed E-state index contributed by atoms with van der Waals surface area (Å²) >= 11 is 8.42. The predicted octanol–water partition coefficient (Wildman–Crippen LogP) is 0.0625. The van der Waals surface area contributed by atoms with Crippen LogP contribution < -0.4 is 26.0 Å². The molecule has 3 aromatic rings. The largest absolute Gasteiger partial charge is 0.543 e. The SMILES string of the molecule is CNCCCn1ccc2c1ccc[n+]2CC1=C(C(=O)[O-])N2C(=O)C(NC(=O)/C(=N\OC3(C(=O)O)CCC3)c3nc(N)sc3Cl)C2SC1. The molecule has 15 nitrogen and oxygen atoms in total. The summed E-state index contributed by atoms with van der Waals surface area (Å²) in [6, 6.07) is 4.74. The number of carbonyl (C=O) groups excluding carboxylic acids is 3. The molecule has 0 radical (unpaired) electrons. The number of thiazole rings is 1. The standard InChI is InChI=1S/C29H31ClN8O7S2/c1-32-9-4-11-36-12-6-17-16(36)5-2-10-37(17)13-15-14-46-25-20(24(40)38(25)21(15)26(41)42)33-23(39)19(18-22(30)47-28(31)34-18)35-45-29(27(43)44)7-3-8-29/h2,5-6,10,12,20,25,32H,3-4,7-9,11,13-14H2,1H3,(H4-,31,33,34,39,41,42,43,44)/b35-19-. The highest BCUT2D eigenvalue weighted by Gasteiger charge is 2.54. The number of oxime groups is 1. The molecular formula is C29H31ClN8O7S2. The highest BCUT2D eigenvalue weighted by atomic mass is 35.5. The summed E-state index contributed by atoms with van der Waals surface area (Å²) < 4.78 is 4.09. The third-order valence-electron chi connectivity index (χ3n) is 8.43. The number of nitrogens with two attached hydrogens (primary N) is 1. The Morgan fingerprint density at radius 2 is 2.13 bits per heavy atom. The number of fused-ring (bicyclic) bond motifs is 2. The molecule has 1 saturated heterocycles. The minimum absolute atomic E-state index is 0.0132. The van der Waals surface area contributed by atoms with Gasteiger partial charge in [0, 0.05) is 49.0 Å². The zero-order chi connectivity index (χ0) is 33.5. The van der Waals surface area contributed by atoms with E-state index in [-0.39, 0.29) is 46.0 Å². The van der Waals surface area contributed by atoms with E-state index >= 15 is 0 Å². The van der Waals surface area contributed by atoms with Gasteiger partial charge in [-0.1, -0.05) is 28.1 Å².